The quantitative estimate of drug-likeness (QED) is 0.845. The van der Waals surface area contributed by atoms with Gasteiger partial charge in [0, 0.05) is 5.02 Å². The van der Waals surface area contributed by atoms with Crippen LogP contribution in [-0.4, -0.2) is 15.9 Å². The summed E-state index contributed by atoms with van der Waals surface area (Å²) in [5.41, 5.74) is 1.01. The van der Waals surface area contributed by atoms with Crippen molar-refractivity contribution in [2.75, 3.05) is 0 Å². The number of ether oxygens (including phenoxy) is 1. The summed E-state index contributed by atoms with van der Waals surface area (Å²) in [6.45, 7) is 0. The standard InChI is InChI=1S/C13H10ClN3O2/c14-10-3-1-9(2-4-10)12-5-13(17-19-12)18-11-6-15-8-16-7-11/h1-4,6-8,12H,5H2/t12-/m0/s1. The zero-order valence-corrected chi connectivity index (χ0v) is 10.6. The topological polar surface area (TPSA) is 56.6 Å². The van der Waals surface area contributed by atoms with Crippen LogP contribution in [0.4, 0.5) is 0 Å². The highest BCUT2D eigenvalue weighted by Crippen LogP contribution is 2.28. The van der Waals surface area contributed by atoms with E-state index in [4.69, 9.17) is 21.2 Å². The molecule has 1 aliphatic heterocycles. The SMILES string of the molecule is Clc1ccc([C@@H]2CC(Oc3cncnc3)=NO2)cc1. The van der Waals surface area contributed by atoms with Crippen LogP contribution in [0.15, 0.2) is 48.1 Å². The smallest absolute Gasteiger partial charge is 0.235 e. The molecule has 3 rings (SSSR count). The largest absolute Gasteiger partial charge is 0.436 e. The highest BCUT2D eigenvalue weighted by Gasteiger charge is 2.24. The Morgan fingerprint density at radius 3 is 2.63 bits per heavy atom. The van der Waals surface area contributed by atoms with Crippen molar-refractivity contribution < 1.29 is 9.57 Å². The Labute approximate surface area is 114 Å². The summed E-state index contributed by atoms with van der Waals surface area (Å²) < 4.78 is 5.52. The van der Waals surface area contributed by atoms with Crippen LogP contribution in [0, 0.1) is 0 Å². The van der Waals surface area contributed by atoms with Gasteiger partial charge in [-0.3, -0.25) is 0 Å². The van der Waals surface area contributed by atoms with Crippen LogP contribution in [0.3, 0.4) is 0 Å². The molecule has 0 bridgehead atoms. The third-order valence-corrected chi connectivity index (χ3v) is 2.91. The van der Waals surface area contributed by atoms with Crippen molar-refractivity contribution in [1.29, 1.82) is 0 Å². The summed E-state index contributed by atoms with van der Waals surface area (Å²) in [7, 11) is 0. The van der Waals surface area contributed by atoms with Gasteiger partial charge in [0.05, 0.1) is 18.8 Å². The van der Waals surface area contributed by atoms with Crippen molar-refractivity contribution >= 4 is 17.5 Å². The zero-order valence-electron chi connectivity index (χ0n) is 9.86. The second kappa shape index (κ2) is 5.24. The summed E-state index contributed by atoms with van der Waals surface area (Å²) in [4.78, 5) is 13.1. The fourth-order valence-electron chi connectivity index (χ4n) is 1.75. The average molecular weight is 276 g/mol. The number of hydrogen-bond acceptors (Lipinski definition) is 5. The molecule has 0 unspecified atom stereocenters. The third-order valence-electron chi connectivity index (χ3n) is 2.66. The van der Waals surface area contributed by atoms with Gasteiger partial charge in [0.25, 0.3) is 0 Å². The Morgan fingerprint density at radius 1 is 1.16 bits per heavy atom. The van der Waals surface area contributed by atoms with Crippen molar-refractivity contribution in [3.63, 3.8) is 0 Å². The highest BCUT2D eigenvalue weighted by molar-refractivity contribution is 6.30. The van der Waals surface area contributed by atoms with Crippen molar-refractivity contribution in [3.05, 3.63) is 53.6 Å². The van der Waals surface area contributed by atoms with E-state index >= 15 is 0 Å². The maximum atomic E-state index is 5.85. The first-order chi connectivity index (χ1) is 9.31. The molecule has 0 N–H and O–H groups in total. The molecule has 1 aliphatic rings. The van der Waals surface area contributed by atoms with E-state index in [1.54, 1.807) is 12.4 Å². The zero-order chi connectivity index (χ0) is 13.1. The number of aromatic nitrogens is 2. The summed E-state index contributed by atoms with van der Waals surface area (Å²) in [5.74, 6) is 1.05. The van der Waals surface area contributed by atoms with E-state index in [1.165, 1.54) is 6.33 Å². The van der Waals surface area contributed by atoms with Crippen LogP contribution in [0.5, 0.6) is 5.75 Å². The lowest BCUT2D eigenvalue weighted by Gasteiger charge is -2.07. The van der Waals surface area contributed by atoms with E-state index in [1.807, 2.05) is 24.3 Å². The number of oxime groups is 1. The summed E-state index contributed by atoms with van der Waals surface area (Å²) in [6, 6.07) is 7.47. The second-order valence-corrected chi connectivity index (χ2v) is 4.45. The maximum Gasteiger partial charge on any atom is 0.235 e. The molecular weight excluding hydrogens is 266 g/mol. The van der Waals surface area contributed by atoms with E-state index < -0.39 is 0 Å². The molecular formula is C13H10ClN3O2. The van der Waals surface area contributed by atoms with Gasteiger partial charge >= 0.3 is 0 Å². The minimum absolute atomic E-state index is 0.142. The Morgan fingerprint density at radius 2 is 1.89 bits per heavy atom. The van der Waals surface area contributed by atoms with Gasteiger partial charge in [-0.2, -0.15) is 0 Å². The minimum Gasteiger partial charge on any atom is -0.436 e. The van der Waals surface area contributed by atoms with Crippen LogP contribution in [0.1, 0.15) is 18.1 Å². The lowest BCUT2D eigenvalue weighted by molar-refractivity contribution is 0.0855. The predicted octanol–water partition coefficient (Wildman–Crippen LogP) is 2.98. The second-order valence-electron chi connectivity index (χ2n) is 4.01. The van der Waals surface area contributed by atoms with E-state index in [-0.39, 0.29) is 6.10 Å². The summed E-state index contributed by atoms with van der Waals surface area (Å²) in [6.07, 6.45) is 5.01. The minimum atomic E-state index is -0.142. The molecule has 0 saturated heterocycles. The molecule has 0 fully saturated rings. The first kappa shape index (κ1) is 11.9. The van der Waals surface area contributed by atoms with E-state index in [0.717, 1.165) is 5.56 Å². The van der Waals surface area contributed by atoms with Crippen molar-refractivity contribution in [3.8, 4) is 5.75 Å². The fourth-order valence-corrected chi connectivity index (χ4v) is 1.87. The Balaban J connectivity index is 1.65. The van der Waals surface area contributed by atoms with Crippen LogP contribution in [0.2, 0.25) is 5.02 Å². The Hall–Kier alpha value is -2.14. The van der Waals surface area contributed by atoms with E-state index in [2.05, 4.69) is 15.1 Å². The highest BCUT2D eigenvalue weighted by atomic mass is 35.5. The predicted molar refractivity (Wildman–Crippen MR) is 70.0 cm³/mol. The molecule has 1 atom stereocenters. The fraction of sp³-hybridized carbons (Fsp3) is 0.154. The van der Waals surface area contributed by atoms with Crippen molar-refractivity contribution in [2.24, 2.45) is 5.16 Å². The molecule has 0 amide bonds. The summed E-state index contributed by atoms with van der Waals surface area (Å²) in [5, 5.41) is 4.61. The number of halogens is 1. The van der Waals surface area contributed by atoms with Crippen molar-refractivity contribution in [1.82, 2.24) is 9.97 Å². The van der Waals surface area contributed by atoms with E-state index in [9.17, 15) is 0 Å². The molecule has 2 aromatic rings. The molecule has 1 aromatic carbocycles. The molecule has 6 heteroatoms. The van der Waals surface area contributed by atoms with Gasteiger partial charge in [0.15, 0.2) is 11.9 Å². The van der Waals surface area contributed by atoms with Crippen LogP contribution in [0.25, 0.3) is 0 Å². The molecule has 0 spiro atoms. The first-order valence-electron chi connectivity index (χ1n) is 5.72. The molecule has 1 aromatic heterocycles. The molecule has 96 valence electrons. The van der Waals surface area contributed by atoms with Gasteiger partial charge in [0.1, 0.15) is 6.33 Å². The molecule has 0 saturated carbocycles. The van der Waals surface area contributed by atoms with Crippen LogP contribution >= 0.6 is 11.6 Å². The third kappa shape index (κ3) is 2.82. The number of benzene rings is 1. The lowest BCUT2D eigenvalue weighted by Crippen LogP contribution is -2.07. The molecule has 19 heavy (non-hydrogen) atoms. The van der Waals surface area contributed by atoms with Gasteiger partial charge in [-0.15, -0.1) is 0 Å². The average Bonchev–Trinajstić information content (AvgIpc) is 2.89. The number of rotatable bonds is 2. The summed E-state index contributed by atoms with van der Waals surface area (Å²) >= 11 is 5.85. The molecule has 5 nitrogen and oxygen atoms in total. The first-order valence-corrected chi connectivity index (χ1v) is 6.10. The van der Waals surface area contributed by atoms with Gasteiger partial charge in [-0.25, -0.2) is 9.97 Å². The van der Waals surface area contributed by atoms with Crippen LogP contribution < -0.4 is 4.74 Å². The molecule has 0 aliphatic carbocycles. The normalized spacial score (nSPS) is 17.7. The van der Waals surface area contributed by atoms with Gasteiger partial charge in [-0.1, -0.05) is 28.9 Å². The number of nitrogens with zero attached hydrogens (tertiary/aromatic N) is 3. The monoisotopic (exact) mass is 275 g/mol. The Bertz CT molecular complexity index is 587. The lowest BCUT2D eigenvalue weighted by atomic mass is 10.1. The maximum absolute atomic E-state index is 5.85. The van der Waals surface area contributed by atoms with Crippen molar-refractivity contribution in [2.45, 2.75) is 12.5 Å². The van der Waals surface area contributed by atoms with Gasteiger partial charge < -0.3 is 9.57 Å². The molecule has 2 heterocycles. The van der Waals surface area contributed by atoms with Crippen LogP contribution in [-0.2, 0) is 4.84 Å². The van der Waals surface area contributed by atoms with Gasteiger partial charge in [-0.05, 0) is 17.7 Å². The molecule has 0 radical (unpaired) electrons. The van der Waals surface area contributed by atoms with E-state index in [0.29, 0.717) is 23.1 Å². The van der Waals surface area contributed by atoms with Gasteiger partial charge in [0.2, 0.25) is 5.90 Å². The Kier molecular flexibility index (Phi) is 3.29. The number of hydrogen-bond donors (Lipinski definition) is 0.